The predicted molar refractivity (Wildman–Crippen MR) is 145 cm³/mol. The maximum atomic E-state index is 12.9. The van der Waals surface area contributed by atoms with Gasteiger partial charge < -0.3 is 10.0 Å². The first-order valence-electron chi connectivity index (χ1n) is 10.8. The van der Waals surface area contributed by atoms with E-state index in [4.69, 9.17) is 23.2 Å². The number of aromatic nitrogens is 1. The number of nitrogens with zero attached hydrogens (tertiary/aromatic N) is 3. The summed E-state index contributed by atoms with van der Waals surface area (Å²) >= 11 is 14.5. The molecule has 0 aliphatic heterocycles. The van der Waals surface area contributed by atoms with Gasteiger partial charge in [-0.3, -0.25) is 19.6 Å². The Bertz CT molecular complexity index is 1450. The number of ketones is 1. The number of hydrogen-bond donors (Lipinski definition) is 0. The van der Waals surface area contributed by atoms with Crippen LogP contribution in [-0.2, 0) is 6.54 Å². The van der Waals surface area contributed by atoms with Crippen molar-refractivity contribution in [2.24, 2.45) is 4.99 Å². The van der Waals surface area contributed by atoms with E-state index >= 15 is 0 Å². The molecule has 11 heteroatoms. The quantitative estimate of drug-likeness (QED) is 0.178. The molecule has 0 saturated heterocycles. The molecule has 184 valence electrons. The summed E-state index contributed by atoms with van der Waals surface area (Å²) in [6, 6.07) is 13.8. The van der Waals surface area contributed by atoms with Crippen LogP contribution in [0.4, 0.5) is 0 Å². The molecular formula is C26H20Cl2KN3O3S2. The van der Waals surface area contributed by atoms with E-state index in [2.05, 4.69) is 9.98 Å². The van der Waals surface area contributed by atoms with E-state index in [0.29, 0.717) is 48.1 Å². The van der Waals surface area contributed by atoms with Gasteiger partial charge in [0.1, 0.15) is 6.54 Å². The summed E-state index contributed by atoms with van der Waals surface area (Å²) in [5.74, 6) is -0.585. The van der Waals surface area contributed by atoms with Crippen LogP contribution >= 0.6 is 45.9 Å². The van der Waals surface area contributed by atoms with Crippen molar-refractivity contribution in [3.05, 3.63) is 91.2 Å². The molecule has 1 aromatic carbocycles. The molecule has 0 unspecified atom stereocenters. The molecule has 3 heterocycles. The number of rotatable bonds is 8. The third-order valence-electron chi connectivity index (χ3n) is 5.34. The molecule has 4 rings (SSSR count). The van der Waals surface area contributed by atoms with Gasteiger partial charge in [0.15, 0.2) is 5.78 Å². The Morgan fingerprint density at radius 1 is 1.08 bits per heavy atom. The second kappa shape index (κ2) is 13.6. The van der Waals surface area contributed by atoms with E-state index in [-0.39, 0.29) is 75.4 Å². The third-order valence-corrected chi connectivity index (χ3v) is 8.20. The van der Waals surface area contributed by atoms with Crippen LogP contribution in [0.3, 0.4) is 0 Å². The number of carbonyl (C=O) groups is 2. The summed E-state index contributed by atoms with van der Waals surface area (Å²) in [6.07, 6.45) is 1.68. The summed E-state index contributed by atoms with van der Waals surface area (Å²) < 4.78 is 0. The molecular weight excluding hydrogens is 576 g/mol. The van der Waals surface area contributed by atoms with E-state index in [0.717, 1.165) is 17.0 Å². The van der Waals surface area contributed by atoms with E-state index in [9.17, 15) is 14.7 Å². The van der Waals surface area contributed by atoms with Gasteiger partial charge in [-0.15, -0.1) is 22.7 Å². The fraction of sp³-hybridized carbons (Fsp3) is 0.154. The number of amides is 1. The van der Waals surface area contributed by atoms with Gasteiger partial charge in [0.25, 0.3) is 5.91 Å². The van der Waals surface area contributed by atoms with Crippen molar-refractivity contribution in [2.75, 3.05) is 13.6 Å². The Balaban J connectivity index is 0.00000380. The van der Waals surface area contributed by atoms with E-state index in [1.807, 2.05) is 18.2 Å². The molecule has 0 aliphatic rings. The Hall–Kier alpha value is -1.40. The molecule has 0 N–H and O–H groups in total. The number of benzene rings is 1. The van der Waals surface area contributed by atoms with Crippen molar-refractivity contribution >= 4 is 63.3 Å². The fourth-order valence-electron chi connectivity index (χ4n) is 3.38. The van der Waals surface area contributed by atoms with Gasteiger partial charge in [0.05, 0.1) is 32.0 Å². The minimum Gasteiger partial charge on any atom is -0.871 e. The van der Waals surface area contributed by atoms with Crippen molar-refractivity contribution < 1.29 is 66.1 Å². The minimum absolute atomic E-state index is 0. The third kappa shape index (κ3) is 7.38. The smallest absolute Gasteiger partial charge is 0.871 e. The standard InChI is InChI=1S/C26H21Cl2N3O3S2.K/c1-15(18-14-35-25(24(18)33)16-6-7-19(27)20(28)11-16)30-12-21(32)22-8-9-23(36-22)26(34)31(2)13-17-5-3-4-10-29-17;/h3-11,14,33H,12-13H2,1-2H3;/q;+1/p-1. The number of thiophene rings is 2. The number of pyridine rings is 1. The van der Waals surface area contributed by atoms with Gasteiger partial charge in [0.2, 0.25) is 0 Å². The molecule has 0 spiro atoms. The number of Topliss-reactive ketones (excluding diaryl/α,β-unsaturated/α-hetero) is 1. The van der Waals surface area contributed by atoms with E-state index in [1.165, 1.54) is 11.3 Å². The monoisotopic (exact) mass is 595 g/mol. The van der Waals surface area contributed by atoms with E-state index in [1.54, 1.807) is 60.8 Å². The van der Waals surface area contributed by atoms with Crippen LogP contribution in [0.1, 0.15) is 37.5 Å². The maximum Gasteiger partial charge on any atom is 1.00 e. The summed E-state index contributed by atoms with van der Waals surface area (Å²) in [5.41, 5.74) is 2.36. The normalized spacial score (nSPS) is 11.2. The first-order chi connectivity index (χ1) is 17.2. The maximum absolute atomic E-state index is 12.9. The molecule has 0 saturated carbocycles. The fourth-order valence-corrected chi connectivity index (χ4v) is 5.61. The molecule has 0 radical (unpaired) electrons. The van der Waals surface area contributed by atoms with Gasteiger partial charge in [-0.2, -0.15) is 0 Å². The largest absolute Gasteiger partial charge is 1.00 e. The summed E-state index contributed by atoms with van der Waals surface area (Å²) in [7, 11) is 1.69. The van der Waals surface area contributed by atoms with Gasteiger partial charge in [-0.05, 0) is 59.8 Å². The zero-order valence-corrected chi connectivity index (χ0v) is 26.6. The van der Waals surface area contributed by atoms with Crippen molar-refractivity contribution in [3.63, 3.8) is 0 Å². The predicted octanol–water partition coefficient (Wildman–Crippen LogP) is 3.22. The Kier molecular flexibility index (Phi) is 11.1. The second-order valence-electron chi connectivity index (χ2n) is 7.91. The van der Waals surface area contributed by atoms with Crippen LogP contribution in [0, 0.1) is 0 Å². The van der Waals surface area contributed by atoms with Crippen LogP contribution in [0.2, 0.25) is 10.0 Å². The summed E-state index contributed by atoms with van der Waals surface area (Å²) in [4.78, 5) is 37.0. The Morgan fingerprint density at radius 2 is 1.84 bits per heavy atom. The van der Waals surface area contributed by atoms with Crippen LogP contribution in [-0.4, -0.2) is 40.9 Å². The zero-order valence-electron chi connectivity index (χ0n) is 20.3. The molecule has 0 aliphatic carbocycles. The van der Waals surface area contributed by atoms with Crippen molar-refractivity contribution in [2.45, 2.75) is 13.5 Å². The average molecular weight is 597 g/mol. The van der Waals surface area contributed by atoms with Crippen molar-refractivity contribution in [1.29, 1.82) is 0 Å². The van der Waals surface area contributed by atoms with Crippen molar-refractivity contribution in [1.82, 2.24) is 9.88 Å². The van der Waals surface area contributed by atoms with Crippen LogP contribution in [0.25, 0.3) is 10.4 Å². The van der Waals surface area contributed by atoms with E-state index < -0.39 is 0 Å². The zero-order chi connectivity index (χ0) is 25.8. The van der Waals surface area contributed by atoms with Crippen LogP contribution in [0.15, 0.2) is 65.1 Å². The van der Waals surface area contributed by atoms with Gasteiger partial charge >= 0.3 is 51.4 Å². The van der Waals surface area contributed by atoms with Gasteiger partial charge in [0, 0.05) is 23.8 Å². The minimum atomic E-state index is -0.224. The molecule has 0 fully saturated rings. The summed E-state index contributed by atoms with van der Waals surface area (Å²) in [6.45, 7) is 1.94. The second-order valence-corrected chi connectivity index (χ2v) is 10.7. The SMILES string of the molecule is CC(=NCC(=O)c1ccc(C(=O)N(C)Cc2ccccn2)s1)c1csc(-c2ccc(Cl)c(Cl)c2)c1[O-].[K+]. The van der Waals surface area contributed by atoms with Crippen LogP contribution < -0.4 is 56.5 Å². The first kappa shape index (κ1) is 30.1. The molecule has 4 aromatic rings. The number of aliphatic imine (C=N–C) groups is 1. The van der Waals surface area contributed by atoms with Crippen molar-refractivity contribution in [3.8, 4) is 16.2 Å². The average Bonchev–Trinajstić information content (AvgIpc) is 3.51. The molecule has 6 nitrogen and oxygen atoms in total. The number of halogens is 2. The van der Waals surface area contributed by atoms with Crippen LogP contribution in [0.5, 0.6) is 5.75 Å². The molecule has 0 bridgehead atoms. The topological polar surface area (TPSA) is 85.7 Å². The Labute approximate surface area is 275 Å². The first-order valence-corrected chi connectivity index (χ1v) is 13.2. The van der Waals surface area contributed by atoms with Gasteiger partial charge in [-0.1, -0.05) is 41.1 Å². The molecule has 1 amide bonds. The van der Waals surface area contributed by atoms with Gasteiger partial charge in [-0.25, -0.2) is 0 Å². The molecule has 3 aromatic heterocycles. The number of carbonyl (C=O) groups excluding carboxylic acids is 2. The Morgan fingerprint density at radius 3 is 2.54 bits per heavy atom. The molecule has 0 atom stereocenters. The molecule has 37 heavy (non-hydrogen) atoms. The number of hydrogen-bond acceptors (Lipinski definition) is 7. The summed E-state index contributed by atoms with van der Waals surface area (Å²) in [5, 5.41) is 15.4.